The van der Waals surface area contributed by atoms with Crippen LogP contribution in [0.15, 0.2) is 28.7 Å². The predicted octanol–water partition coefficient (Wildman–Crippen LogP) is 3.66. The minimum atomic E-state index is 0.0960. The zero-order valence-electron chi connectivity index (χ0n) is 10.1. The Bertz CT molecular complexity index is 333. The first kappa shape index (κ1) is 13.5. The summed E-state index contributed by atoms with van der Waals surface area (Å²) in [6.07, 6.45) is 0.935. The molecular formula is C13H20BrNO. The summed E-state index contributed by atoms with van der Waals surface area (Å²) in [5.74, 6) is 0. The van der Waals surface area contributed by atoms with Crippen LogP contribution >= 0.6 is 15.9 Å². The highest BCUT2D eigenvalue weighted by Crippen LogP contribution is 2.26. The Morgan fingerprint density at radius 1 is 1.31 bits per heavy atom. The van der Waals surface area contributed by atoms with Crippen molar-refractivity contribution in [2.75, 3.05) is 11.9 Å². The summed E-state index contributed by atoms with van der Waals surface area (Å²) in [6, 6.07) is 8.06. The van der Waals surface area contributed by atoms with Crippen LogP contribution in [0.25, 0.3) is 0 Å². The number of rotatable bonds is 4. The van der Waals surface area contributed by atoms with E-state index in [9.17, 15) is 5.11 Å². The molecule has 2 N–H and O–H groups in total. The molecule has 1 rings (SSSR count). The normalized spacial score (nSPS) is 13.6. The molecule has 1 unspecified atom stereocenters. The fourth-order valence-electron chi connectivity index (χ4n) is 1.70. The van der Waals surface area contributed by atoms with E-state index in [4.69, 9.17) is 0 Å². The quantitative estimate of drug-likeness (QED) is 0.885. The lowest BCUT2D eigenvalue weighted by atomic mass is 9.88. The Morgan fingerprint density at radius 3 is 2.44 bits per heavy atom. The molecule has 0 radical (unpaired) electrons. The second-order valence-electron chi connectivity index (χ2n) is 5.27. The van der Waals surface area contributed by atoms with Gasteiger partial charge in [-0.15, -0.1) is 0 Å². The molecule has 1 aromatic carbocycles. The van der Waals surface area contributed by atoms with Gasteiger partial charge in [0, 0.05) is 16.2 Å². The Labute approximate surface area is 106 Å². The molecule has 0 spiro atoms. The summed E-state index contributed by atoms with van der Waals surface area (Å²) in [5.41, 5.74) is 1.24. The minimum Gasteiger partial charge on any atom is -0.394 e. The molecule has 0 fully saturated rings. The van der Waals surface area contributed by atoms with Crippen LogP contribution in [-0.4, -0.2) is 17.8 Å². The molecule has 0 amide bonds. The maximum absolute atomic E-state index is 9.36. The van der Waals surface area contributed by atoms with Crippen molar-refractivity contribution in [2.24, 2.45) is 5.41 Å². The Kier molecular flexibility index (Phi) is 4.81. The third-order valence-corrected chi connectivity index (χ3v) is 3.00. The first-order valence-corrected chi connectivity index (χ1v) is 6.33. The number of benzene rings is 1. The maximum atomic E-state index is 9.36. The van der Waals surface area contributed by atoms with Crippen LogP contribution in [0, 0.1) is 5.41 Å². The Hall–Kier alpha value is -0.540. The molecule has 0 saturated carbocycles. The lowest BCUT2D eigenvalue weighted by Crippen LogP contribution is -2.29. The number of aliphatic hydroxyl groups is 1. The predicted molar refractivity (Wildman–Crippen MR) is 72.7 cm³/mol. The smallest absolute Gasteiger partial charge is 0.0633 e. The number of para-hydroxylation sites is 1. The molecule has 0 aliphatic carbocycles. The monoisotopic (exact) mass is 285 g/mol. The molecule has 90 valence electrons. The Balaban J connectivity index is 2.67. The van der Waals surface area contributed by atoms with Crippen LogP contribution in [0.3, 0.4) is 0 Å². The van der Waals surface area contributed by atoms with E-state index in [-0.39, 0.29) is 18.1 Å². The van der Waals surface area contributed by atoms with Crippen LogP contribution < -0.4 is 5.32 Å². The number of nitrogens with one attached hydrogen (secondary N) is 1. The maximum Gasteiger partial charge on any atom is 0.0633 e. The summed E-state index contributed by atoms with van der Waals surface area (Å²) < 4.78 is 1.03. The fraction of sp³-hybridized carbons (Fsp3) is 0.538. The van der Waals surface area contributed by atoms with Crippen molar-refractivity contribution in [3.8, 4) is 0 Å². The van der Waals surface area contributed by atoms with Gasteiger partial charge in [-0.1, -0.05) is 32.9 Å². The highest BCUT2D eigenvalue weighted by molar-refractivity contribution is 9.10. The lowest BCUT2D eigenvalue weighted by molar-refractivity contribution is 0.234. The van der Waals surface area contributed by atoms with Crippen molar-refractivity contribution in [1.82, 2.24) is 0 Å². The molecule has 1 aromatic rings. The van der Waals surface area contributed by atoms with Crippen molar-refractivity contribution >= 4 is 21.6 Å². The molecule has 0 bridgehead atoms. The van der Waals surface area contributed by atoms with E-state index in [1.54, 1.807) is 0 Å². The number of halogens is 1. The van der Waals surface area contributed by atoms with Gasteiger partial charge >= 0.3 is 0 Å². The van der Waals surface area contributed by atoms with E-state index in [1.165, 1.54) is 0 Å². The second kappa shape index (κ2) is 5.69. The fourth-order valence-corrected chi connectivity index (χ4v) is 2.10. The molecule has 16 heavy (non-hydrogen) atoms. The van der Waals surface area contributed by atoms with Crippen molar-refractivity contribution in [1.29, 1.82) is 0 Å². The minimum absolute atomic E-state index is 0.0960. The first-order chi connectivity index (χ1) is 7.42. The molecule has 0 saturated heterocycles. The summed E-state index contributed by atoms with van der Waals surface area (Å²) in [6.45, 7) is 6.69. The van der Waals surface area contributed by atoms with Crippen LogP contribution in [0.1, 0.15) is 27.2 Å². The zero-order chi connectivity index (χ0) is 12.2. The van der Waals surface area contributed by atoms with E-state index in [1.807, 2.05) is 24.3 Å². The van der Waals surface area contributed by atoms with Gasteiger partial charge in [-0.25, -0.2) is 0 Å². The highest BCUT2D eigenvalue weighted by Gasteiger charge is 2.18. The highest BCUT2D eigenvalue weighted by atomic mass is 79.9. The van der Waals surface area contributed by atoms with Gasteiger partial charge in [0.15, 0.2) is 0 Å². The van der Waals surface area contributed by atoms with Crippen molar-refractivity contribution in [3.05, 3.63) is 28.7 Å². The summed E-state index contributed by atoms with van der Waals surface area (Å²) >= 11 is 3.49. The van der Waals surface area contributed by atoms with E-state index in [0.717, 1.165) is 16.6 Å². The van der Waals surface area contributed by atoms with Gasteiger partial charge in [-0.05, 0) is 39.9 Å². The third kappa shape index (κ3) is 4.54. The van der Waals surface area contributed by atoms with Crippen molar-refractivity contribution < 1.29 is 5.11 Å². The summed E-state index contributed by atoms with van der Waals surface area (Å²) in [7, 11) is 0. The average Bonchev–Trinajstić information content (AvgIpc) is 2.18. The second-order valence-corrected chi connectivity index (χ2v) is 6.12. The van der Waals surface area contributed by atoms with E-state index < -0.39 is 0 Å². The van der Waals surface area contributed by atoms with Crippen LogP contribution in [-0.2, 0) is 0 Å². The van der Waals surface area contributed by atoms with Gasteiger partial charge < -0.3 is 10.4 Å². The molecule has 0 aromatic heterocycles. The van der Waals surface area contributed by atoms with Crippen molar-refractivity contribution in [2.45, 2.75) is 33.2 Å². The molecular weight excluding hydrogens is 266 g/mol. The topological polar surface area (TPSA) is 32.3 Å². The molecule has 0 aliphatic rings. The average molecular weight is 286 g/mol. The standard InChI is InChI=1S/C13H20BrNO/c1-13(2,3)8-10(9-16)15-12-7-5-4-6-11(12)14/h4-7,10,15-16H,8-9H2,1-3H3. The number of hydrogen-bond acceptors (Lipinski definition) is 2. The zero-order valence-corrected chi connectivity index (χ0v) is 11.7. The number of hydrogen-bond donors (Lipinski definition) is 2. The molecule has 1 atom stereocenters. The van der Waals surface area contributed by atoms with Crippen LogP contribution in [0.2, 0.25) is 0 Å². The Morgan fingerprint density at radius 2 is 1.94 bits per heavy atom. The summed E-state index contributed by atoms with van der Waals surface area (Å²) in [4.78, 5) is 0. The third-order valence-electron chi connectivity index (χ3n) is 2.31. The first-order valence-electron chi connectivity index (χ1n) is 5.54. The molecule has 3 heteroatoms. The summed E-state index contributed by atoms with van der Waals surface area (Å²) in [5, 5.41) is 12.7. The van der Waals surface area contributed by atoms with Gasteiger partial charge in [0.05, 0.1) is 6.61 Å². The molecule has 2 nitrogen and oxygen atoms in total. The molecule has 0 heterocycles. The van der Waals surface area contributed by atoms with Gasteiger partial charge in [0.2, 0.25) is 0 Å². The lowest BCUT2D eigenvalue weighted by Gasteiger charge is -2.26. The van der Waals surface area contributed by atoms with Gasteiger partial charge in [-0.3, -0.25) is 0 Å². The van der Waals surface area contributed by atoms with Crippen LogP contribution in [0.5, 0.6) is 0 Å². The van der Waals surface area contributed by atoms with E-state index in [2.05, 4.69) is 42.0 Å². The van der Waals surface area contributed by atoms with E-state index in [0.29, 0.717) is 0 Å². The van der Waals surface area contributed by atoms with Gasteiger partial charge in [0.1, 0.15) is 0 Å². The van der Waals surface area contributed by atoms with Gasteiger partial charge in [-0.2, -0.15) is 0 Å². The molecule has 0 aliphatic heterocycles. The van der Waals surface area contributed by atoms with Crippen molar-refractivity contribution in [3.63, 3.8) is 0 Å². The van der Waals surface area contributed by atoms with Gasteiger partial charge in [0.25, 0.3) is 0 Å². The largest absolute Gasteiger partial charge is 0.394 e. The number of aliphatic hydroxyl groups excluding tert-OH is 1. The number of anilines is 1. The van der Waals surface area contributed by atoms with E-state index >= 15 is 0 Å². The SMILES string of the molecule is CC(C)(C)CC(CO)Nc1ccccc1Br. The van der Waals surface area contributed by atoms with Crippen LogP contribution in [0.4, 0.5) is 5.69 Å².